The van der Waals surface area contributed by atoms with Crippen LogP contribution in [0.1, 0.15) is 29.6 Å². The molecule has 5 heteroatoms. The fourth-order valence-electron chi connectivity index (χ4n) is 2.65. The van der Waals surface area contributed by atoms with Crippen molar-refractivity contribution in [2.45, 2.75) is 25.3 Å². The third-order valence-corrected chi connectivity index (χ3v) is 3.77. The lowest BCUT2D eigenvalue weighted by Crippen LogP contribution is -2.41. The molecule has 1 aromatic heterocycles. The second-order valence-electron chi connectivity index (χ2n) is 5.04. The SMILES string of the molecule is O=C(N[C@@H]1CCC[C@@H]1C(=O)N1CC1)c1cc[nH]c1. The molecule has 5 nitrogen and oxygen atoms in total. The van der Waals surface area contributed by atoms with E-state index in [0.29, 0.717) is 5.56 Å². The number of amides is 2. The first-order valence-electron chi connectivity index (χ1n) is 6.48. The van der Waals surface area contributed by atoms with Crippen molar-refractivity contribution >= 4 is 11.8 Å². The number of nitrogens with one attached hydrogen (secondary N) is 2. The third kappa shape index (κ3) is 2.12. The number of rotatable bonds is 3. The molecular weight excluding hydrogens is 230 g/mol. The number of carbonyl (C=O) groups excluding carboxylic acids is 2. The fourth-order valence-corrected chi connectivity index (χ4v) is 2.65. The molecule has 2 aliphatic rings. The molecule has 0 spiro atoms. The molecule has 0 unspecified atom stereocenters. The van der Waals surface area contributed by atoms with Crippen LogP contribution in [0.5, 0.6) is 0 Å². The van der Waals surface area contributed by atoms with Crippen LogP contribution in [-0.2, 0) is 4.79 Å². The van der Waals surface area contributed by atoms with Gasteiger partial charge in [0.2, 0.25) is 5.91 Å². The number of nitrogens with zero attached hydrogens (tertiary/aromatic N) is 1. The van der Waals surface area contributed by atoms with Gasteiger partial charge in [0.05, 0.1) is 11.5 Å². The van der Waals surface area contributed by atoms with Crippen LogP contribution in [0.3, 0.4) is 0 Å². The highest BCUT2D eigenvalue weighted by Gasteiger charge is 2.39. The van der Waals surface area contributed by atoms with E-state index in [4.69, 9.17) is 0 Å². The van der Waals surface area contributed by atoms with Crippen LogP contribution in [0.25, 0.3) is 0 Å². The van der Waals surface area contributed by atoms with Crippen LogP contribution >= 0.6 is 0 Å². The summed E-state index contributed by atoms with van der Waals surface area (Å²) >= 11 is 0. The minimum atomic E-state index is -0.0910. The van der Waals surface area contributed by atoms with E-state index >= 15 is 0 Å². The van der Waals surface area contributed by atoms with Gasteiger partial charge < -0.3 is 15.2 Å². The van der Waals surface area contributed by atoms with Crippen molar-refractivity contribution in [2.24, 2.45) is 5.92 Å². The van der Waals surface area contributed by atoms with Gasteiger partial charge in [0.15, 0.2) is 0 Å². The molecule has 96 valence electrons. The average Bonchev–Trinajstić information content (AvgIpc) is 2.90. The Hall–Kier alpha value is -1.78. The van der Waals surface area contributed by atoms with Crippen molar-refractivity contribution < 1.29 is 9.59 Å². The molecule has 2 fully saturated rings. The maximum atomic E-state index is 12.1. The van der Waals surface area contributed by atoms with Crippen LogP contribution in [0.15, 0.2) is 18.5 Å². The molecule has 1 aliphatic heterocycles. The lowest BCUT2D eigenvalue weighted by Gasteiger charge is -2.20. The van der Waals surface area contributed by atoms with Gasteiger partial charge in [-0.3, -0.25) is 9.59 Å². The van der Waals surface area contributed by atoms with Crippen molar-refractivity contribution in [3.8, 4) is 0 Å². The predicted molar refractivity (Wildman–Crippen MR) is 66.0 cm³/mol. The predicted octanol–water partition coefficient (Wildman–Crippen LogP) is 0.755. The molecule has 0 bridgehead atoms. The summed E-state index contributed by atoms with van der Waals surface area (Å²) < 4.78 is 0. The fraction of sp³-hybridized carbons (Fsp3) is 0.538. The van der Waals surface area contributed by atoms with Crippen molar-refractivity contribution in [1.82, 2.24) is 15.2 Å². The van der Waals surface area contributed by atoms with Gasteiger partial charge in [-0.1, -0.05) is 6.42 Å². The summed E-state index contributed by atoms with van der Waals surface area (Å²) in [4.78, 5) is 28.7. The first kappa shape index (κ1) is 11.3. The minimum absolute atomic E-state index is 0.000463. The van der Waals surface area contributed by atoms with Gasteiger partial charge in [0.1, 0.15) is 0 Å². The Kier molecular flexibility index (Phi) is 2.81. The molecule has 0 radical (unpaired) electrons. The van der Waals surface area contributed by atoms with E-state index in [9.17, 15) is 9.59 Å². The maximum Gasteiger partial charge on any atom is 0.253 e. The standard InChI is InChI=1S/C13H17N3O2/c17-12(9-4-5-14-8-9)15-11-3-1-2-10(11)13(18)16-6-7-16/h4-5,8,10-11,14H,1-3,6-7H2,(H,15,17)/t10-,11+/m0/s1. The molecule has 1 saturated carbocycles. The summed E-state index contributed by atoms with van der Waals surface area (Å²) in [6.45, 7) is 1.77. The van der Waals surface area contributed by atoms with E-state index in [2.05, 4.69) is 10.3 Å². The highest BCUT2D eigenvalue weighted by molar-refractivity contribution is 5.94. The van der Waals surface area contributed by atoms with Crippen molar-refractivity contribution in [3.63, 3.8) is 0 Å². The molecule has 1 saturated heterocycles. The molecule has 2 N–H and O–H groups in total. The van der Waals surface area contributed by atoms with Gasteiger partial charge in [0, 0.05) is 31.5 Å². The summed E-state index contributed by atoms with van der Waals surface area (Å²) in [5.74, 6) is 0.106. The Morgan fingerprint density at radius 3 is 2.83 bits per heavy atom. The Bertz CT molecular complexity index is 451. The first-order chi connectivity index (χ1) is 8.75. The van der Waals surface area contributed by atoms with Crippen LogP contribution < -0.4 is 5.32 Å². The summed E-state index contributed by atoms with van der Waals surface area (Å²) in [5.41, 5.74) is 0.625. The van der Waals surface area contributed by atoms with Crippen LogP contribution in [0.2, 0.25) is 0 Å². The highest BCUT2D eigenvalue weighted by atomic mass is 16.2. The zero-order valence-electron chi connectivity index (χ0n) is 10.2. The van der Waals surface area contributed by atoms with Gasteiger partial charge in [-0.25, -0.2) is 0 Å². The summed E-state index contributed by atoms with van der Waals surface area (Å²) in [6, 6.07) is 1.74. The lowest BCUT2D eigenvalue weighted by atomic mass is 10.0. The lowest BCUT2D eigenvalue weighted by molar-refractivity contribution is -0.130. The van der Waals surface area contributed by atoms with Gasteiger partial charge >= 0.3 is 0 Å². The molecule has 0 aromatic carbocycles. The normalized spacial score (nSPS) is 26.1. The molecule has 2 amide bonds. The van der Waals surface area contributed by atoms with Crippen LogP contribution in [0.4, 0.5) is 0 Å². The van der Waals surface area contributed by atoms with Crippen LogP contribution in [-0.4, -0.2) is 40.8 Å². The van der Waals surface area contributed by atoms with Crippen LogP contribution in [0, 0.1) is 5.92 Å². The molecular formula is C13H17N3O2. The van der Waals surface area contributed by atoms with Gasteiger partial charge in [-0.15, -0.1) is 0 Å². The quantitative estimate of drug-likeness (QED) is 0.774. The summed E-state index contributed by atoms with van der Waals surface area (Å²) in [7, 11) is 0. The van der Waals surface area contributed by atoms with E-state index in [1.807, 2.05) is 4.90 Å². The Balaban J connectivity index is 1.64. The zero-order chi connectivity index (χ0) is 12.5. The summed E-state index contributed by atoms with van der Waals surface area (Å²) in [5, 5.41) is 2.99. The topological polar surface area (TPSA) is 65.0 Å². The zero-order valence-corrected chi connectivity index (χ0v) is 10.2. The molecule has 1 aromatic rings. The van der Waals surface area contributed by atoms with Crippen molar-refractivity contribution in [3.05, 3.63) is 24.0 Å². The second-order valence-corrected chi connectivity index (χ2v) is 5.04. The number of H-pyrrole nitrogens is 1. The Labute approximate surface area is 106 Å². The highest BCUT2D eigenvalue weighted by Crippen LogP contribution is 2.29. The maximum absolute atomic E-state index is 12.1. The number of hydrogen-bond donors (Lipinski definition) is 2. The number of hydrogen-bond acceptors (Lipinski definition) is 2. The Morgan fingerprint density at radius 1 is 1.33 bits per heavy atom. The average molecular weight is 247 g/mol. The molecule has 2 atom stereocenters. The van der Waals surface area contributed by atoms with E-state index in [1.165, 1.54) is 0 Å². The summed E-state index contributed by atoms with van der Waals surface area (Å²) in [6.07, 6.45) is 6.21. The van der Waals surface area contributed by atoms with Gasteiger partial charge in [0.25, 0.3) is 5.91 Å². The first-order valence-corrected chi connectivity index (χ1v) is 6.48. The molecule has 18 heavy (non-hydrogen) atoms. The molecule has 1 aliphatic carbocycles. The largest absolute Gasteiger partial charge is 0.367 e. The van der Waals surface area contributed by atoms with E-state index in [1.54, 1.807) is 18.5 Å². The third-order valence-electron chi connectivity index (χ3n) is 3.77. The molecule has 3 rings (SSSR count). The second kappa shape index (κ2) is 4.48. The van der Waals surface area contributed by atoms with Gasteiger partial charge in [-0.2, -0.15) is 0 Å². The van der Waals surface area contributed by atoms with E-state index in [0.717, 1.165) is 32.4 Å². The van der Waals surface area contributed by atoms with E-state index < -0.39 is 0 Å². The smallest absolute Gasteiger partial charge is 0.253 e. The number of carbonyl (C=O) groups is 2. The monoisotopic (exact) mass is 247 g/mol. The van der Waals surface area contributed by atoms with E-state index in [-0.39, 0.29) is 23.8 Å². The Morgan fingerprint density at radius 2 is 2.17 bits per heavy atom. The minimum Gasteiger partial charge on any atom is -0.367 e. The van der Waals surface area contributed by atoms with Crippen molar-refractivity contribution in [2.75, 3.05) is 13.1 Å². The number of aromatic amines is 1. The number of aromatic nitrogens is 1. The molecule has 2 heterocycles. The van der Waals surface area contributed by atoms with Gasteiger partial charge in [-0.05, 0) is 18.9 Å². The van der Waals surface area contributed by atoms with Crippen molar-refractivity contribution in [1.29, 1.82) is 0 Å².